The van der Waals surface area contributed by atoms with Crippen LogP contribution in [0.3, 0.4) is 0 Å². The van der Waals surface area contributed by atoms with E-state index in [1.165, 1.54) is 0 Å². The summed E-state index contributed by atoms with van der Waals surface area (Å²) in [5.74, 6) is 3.25. The number of aromatic nitrogens is 1. The molecule has 0 fully saturated rings. The van der Waals surface area contributed by atoms with E-state index in [2.05, 4.69) is 15.7 Å². The molecule has 0 spiro atoms. The fourth-order valence-corrected chi connectivity index (χ4v) is 0.601. The Morgan fingerprint density at radius 2 is 2.56 bits per heavy atom. The monoisotopic (exact) mass is 125 g/mol. The molecule has 0 saturated heterocycles. The predicted octanol–water partition coefficient (Wildman–Crippen LogP) is -0.245. The highest BCUT2D eigenvalue weighted by atomic mass is 16.6. The van der Waals surface area contributed by atoms with Gasteiger partial charge in [-0.3, -0.25) is 4.98 Å². The topological polar surface area (TPSA) is 49.8 Å². The highest BCUT2D eigenvalue weighted by molar-refractivity contribution is 5.06. The van der Waals surface area contributed by atoms with Gasteiger partial charge in [-0.15, -0.1) is 0 Å². The van der Waals surface area contributed by atoms with Gasteiger partial charge in [0.2, 0.25) is 0 Å². The normalized spacial score (nSPS) is 9.44. The summed E-state index contributed by atoms with van der Waals surface area (Å²) in [7, 11) is 0. The highest BCUT2D eigenvalue weighted by Crippen LogP contribution is 1.94. The summed E-state index contributed by atoms with van der Waals surface area (Å²) in [5, 5.41) is 0. The van der Waals surface area contributed by atoms with Gasteiger partial charge in [-0.1, -0.05) is 6.07 Å². The molecule has 0 aromatic carbocycles. The molecule has 3 nitrogen and oxygen atoms in total. The molecule has 3 N–H and O–H groups in total. The molecular weight excluding hydrogens is 116 g/mol. The van der Waals surface area contributed by atoms with Crippen LogP contribution in [0.15, 0.2) is 24.5 Å². The molecule has 9 heavy (non-hydrogen) atoms. The number of pyridine rings is 1. The molecule has 1 aromatic heterocycles. The highest BCUT2D eigenvalue weighted by Gasteiger charge is 1.88. The molecule has 48 valence electrons. The molecule has 0 aliphatic heterocycles. The summed E-state index contributed by atoms with van der Waals surface area (Å²) in [5.41, 5.74) is 1.05. The van der Waals surface area contributed by atoms with E-state index < -0.39 is 0 Å². The van der Waals surface area contributed by atoms with Crippen molar-refractivity contribution < 1.29 is 10.7 Å². The summed E-state index contributed by atoms with van der Waals surface area (Å²) >= 11 is 0. The first-order valence-electron chi connectivity index (χ1n) is 2.69. The van der Waals surface area contributed by atoms with E-state index in [4.69, 9.17) is 0 Å². The fraction of sp³-hybridized carbons (Fsp3) is 0.167. The molecule has 3 heteroatoms. The lowest BCUT2D eigenvalue weighted by atomic mass is 10.3. The molecule has 0 unspecified atom stereocenters. The standard InChI is InChI=1S/C6H9N2O/c7-9-5-6-2-1-3-8-4-6/h1-4H,5H2,7H3/q+1. The molecule has 0 atom stereocenters. The zero-order valence-electron chi connectivity index (χ0n) is 5.08. The minimum atomic E-state index is 0.536. The van der Waals surface area contributed by atoms with Gasteiger partial charge in [0.1, 0.15) is 6.61 Å². The second-order valence-corrected chi connectivity index (χ2v) is 1.71. The van der Waals surface area contributed by atoms with Gasteiger partial charge in [0.05, 0.1) is 0 Å². The number of hydrogen-bond acceptors (Lipinski definition) is 2. The van der Waals surface area contributed by atoms with Gasteiger partial charge in [-0.05, 0) is 6.07 Å². The Bertz CT molecular complexity index is 164. The van der Waals surface area contributed by atoms with Crippen LogP contribution in [-0.2, 0) is 11.4 Å². The number of quaternary nitrogens is 1. The largest absolute Gasteiger partial charge is 0.264 e. The Morgan fingerprint density at radius 1 is 1.67 bits per heavy atom. The maximum atomic E-state index is 4.64. The van der Waals surface area contributed by atoms with E-state index in [0.29, 0.717) is 6.61 Å². The van der Waals surface area contributed by atoms with Crippen LogP contribution in [0.1, 0.15) is 5.56 Å². The molecule has 0 aliphatic carbocycles. The van der Waals surface area contributed by atoms with Crippen LogP contribution in [0, 0.1) is 0 Å². The first-order valence-corrected chi connectivity index (χ1v) is 2.69. The molecule has 1 heterocycles. The summed E-state index contributed by atoms with van der Waals surface area (Å²) in [6.07, 6.45) is 3.48. The summed E-state index contributed by atoms with van der Waals surface area (Å²) < 4.78 is 0. The van der Waals surface area contributed by atoms with Crippen molar-refractivity contribution in [2.45, 2.75) is 6.61 Å². The van der Waals surface area contributed by atoms with Crippen molar-refractivity contribution >= 4 is 0 Å². The third kappa shape index (κ3) is 1.79. The quantitative estimate of drug-likeness (QED) is 0.554. The maximum absolute atomic E-state index is 4.64. The fourth-order valence-electron chi connectivity index (χ4n) is 0.601. The number of nitrogens with zero attached hydrogens (tertiary/aromatic N) is 1. The predicted molar refractivity (Wildman–Crippen MR) is 31.9 cm³/mol. The molecule has 0 amide bonds. The Labute approximate surface area is 53.4 Å². The average Bonchev–Trinajstić information content (AvgIpc) is 1.91. The van der Waals surface area contributed by atoms with E-state index in [-0.39, 0.29) is 0 Å². The lowest BCUT2D eigenvalue weighted by Gasteiger charge is -1.91. The Morgan fingerprint density at radius 3 is 3.11 bits per heavy atom. The van der Waals surface area contributed by atoms with Crippen molar-refractivity contribution in [2.75, 3.05) is 0 Å². The van der Waals surface area contributed by atoms with E-state index in [1.54, 1.807) is 12.4 Å². The second-order valence-electron chi connectivity index (χ2n) is 1.71. The van der Waals surface area contributed by atoms with Gasteiger partial charge in [0.15, 0.2) is 0 Å². The number of rotatable bonds is 2. The van der Waals surface area contributed by atoms with E-state index in [0.717, 1.165) is 5.56 Å². The molecule has 0 saturated carbocycles. The van der Waals surface area contributed by atoms with Gasteiger partial charge in [-0.2, -0.15) is 0 Å². The van der Waals surface area contributed by atoms with Gasteiger partial charge < -0.3 is 0 Å². The molecule has 0 bridgehead atoms. The lowest BCUT2D eigenvalue weighted by Crippen LogP contribution is -2.48. The van der Waals surface area contributed by atoms with E-state index in [1.807, 2.05) is 12.1 Å². The van der Waals surface area contributed by atoms with Gasteiger partial charge in [-0.25, -0.2) is 10.7 Å². The SMILES string of the molecule is [NH3+]OCc1cccnc1. The van der Waals surface area contributed by atoms with Crippen molar-refractivity contribution in [1.82, 2.24) is 4.98 Å². The third-order valence-corrected chi connectivity index (χ3v) is 0.992. The van der Waals surface area contributed by atoms with Crippen LogP contribution >= 0.6 is 0 Å². The Kier molecular flexibility index (Phi) is 2.18. The van der Waals surface area contributed by atoms with Crippen molar-refractivity contribution in [1.29, 1.82) is 0 Å². The third-order valence-electron chi connectivity index (χ3n) is 0.992. The summed E-state index contributed by atoms with van der Waals surface area (Å²) in [6, 6.07) is 3.81. The zero-order valence-corrected chi connectivity index (χ0v) is 5.08. The Hall–Kier alpha value is -0.930. The Balaban J connectivity index is 2.61. The van der Waals surface area contributed by atoms with Gasteiger partial charge in [0.25, 0.3) is 0 Å². The first kappa shape index (κ1) is 6.19. The van der Waals surface area contributed by atoms with Gasteiger partial charge in [0, 0.05) is 18.0 Å². The van der Waals surface area contributed by atoms with Crippen LogP contribution in [0.25, 0.3) is 0 Å². The van der Waals surface area contributed by atoms with Crippen molar-refractivity contribution in [3.05, 3.63) is 30.1 Å². The summed E-state index contributed by atoms with van der Waals surface area (Å²) in [6.45, 7) is 0.536. The van der Waals surface area contributed by atoms with Crippen LogP contribution in [0.4, 0.5) is 0 Å². The molecule has 0 aliphatic rings. The van der Waals surface area contributed by atoms with Crippen LogP contribution in [0.2, 0.25) is 0 Å². The minimum absolute atomic E-state index is 0.536. The van der Waals surface area contributed by atoms with E-state index in [9.17, 15) is 0 Å². The molecule has 0 radical (unpaired) electrons. The van der Waals surface area contributed by atoms with Crippen LogP contribution in [-0.4, -0.2) is 4.98 Å². The van der Waals surface area contributed by atoms with Crippen LogP contribution < -0.4 is 5.90 Å². The lowest BCUT2D eigenvalue weighted by molar-refractivity contribution is -0.695. The van der Waals surface area contributed by atoms with E-state index >= 15 is 0 Å². The maximum Gasteiger partial charge on any atom is 0.132 e. The van der Waals surface area contributed by atoms with Crippen molar-refractivity contribution in [3.63, 3.8) is 0 Å². The van der Waals surface area contributed by atoms with Gasteiger partial charge >= 0.3 is 0 Å². The second kappa shape index (κ2) is 3.17. The molecule has 1 rings (SSSR count). The average molecular weight is 125 g/mol. The minimum Gasteiger partial charge on any atom is -0.264 e. The summed E-state index contributed by atoms with van der Waals surface area (Å²) in [4.78, 5) is 8.53. The molecule has 1 aromatic rings. The molecular formula is C6H9N2O+. The van der Waals surface area contributed by atoms with Crippen molar-refractivity contribution in [2.24, 2.45) is 0 Å². The van der Waals surface area contributed by atoms with Crippen LogP contribution in [0.5, 0.6) is 0 Å². The smallest absolute Gasteiger partial charge is 0.132 e. The zero-order chi connectivity index (χ0) is 6.53. The number of hydrogen-bond donors (Lipinski definition) is 1. The first-order chi connectivity index (χ1) is 4.43. The van der Waals surface area contributed by atoms with Crippen molar-refractivity contribution in [3.8, 4) is 0 Å².